The van der Waals surface area contributed by atoms with E-state index >= 15 is 0 Å². The van der Waals surface area contributed by atoms with E-state index in [0.717, 1.165) is 0 Å². The summed E-state index contributed by atoms with van der Waals surface area (Å²) in [6, 6.07) is 2.96. The first-order valence-electron chi connectivity index (χ1n) is 5.82. The minimum Gasteiger partial charge on any atom is -0.328 e. The Morgan fingerprint density at radius 3 is 2.68 bits per heavy atom. The lowest BCUT2D eigenvalue weighted by Crippen LogP contribution is -2.39. The maximum absolute atomic E-state index is 13.5. The highest BCUT2D eigenvalue weighted by Gasteiger charge is 2.15. The van der Waals surface area contributed by atoms with Gasteiger partial charge in [-0.3, -0.25) is 4.79 Å². The third kappa shape index (κ3) is 5.38. The molecule has 1 radical (unpaired) electrons. The first-order valence-corrected chi connectivity index (χ1v) is 6.62. The van der Waals surface area contributed by atoms with Crippen molar-refractivity contribution >= 4 is 33.9 Å². The van der Waals surface area contributed by atoms with Crippen LogP contribution < -0.4 is 10.6 Å². The van der Waals surface area contributed by atoms with Crippen molar-refractivity contribution in [2.75, 3.05) is 5.32 Å². The number of rotatable bonds is 5. The van der Waals surface area contributed by atoms with E-state index in [2.05, 4.69) is 26.6 Å². The number of hydrogen-bond acceptors (Lipinski definition) is 2. The van der Waals surface area contributed by atoms with E-state index in [9.17, 15) is 14.0 Å². The fourth-order valence-electron chi connectivity index (χ4n) is 1.52. The molecule has 19 heavy (non-hydrogen) atoms. The predicted molar refractivity (Wildman–Crippen MR) is 75.2 cm³/mol. The Hall–Kier alpha value is -1.43. The molecule has 0 aliphatic carbocycles. The van der Waals surface area contributed by atoms with Crippen molar-refractivity contribution in [3.63, 3.8) is 0 Å². The van der Waals surface area contributed by atoms with Crippen molar-refractivity contribution in [2.24, 2.45) is 5.92 Å². The van der Waals surface area contributed by atoms with Gasteiger partial charge in [-0.1, -0.05) is 29.8 Å². The Kier molecular flexibility index (Phi) is 5.95. The van der Waals surface area contributed by atoms with Gasteiger partial charge in [-0.25, -0.2) is 9.18 Å². The molecule has 0 unspecified atom stereocenters. The Morgan fingerprint density at radius 2 is 2.16 bits per heavy atom. The zero-order chi connectivity index (χ0) is 14.4. The van der Waals surface area contributed by atoms with Gasteiger partial charge in [0.1, 0.15) is 5.82 Å². The summed E-state index contributed by atoms with van der Waals surface area (Å²) < 4.78 is 14.1. The van der Waals surface area contributed by atoms with Crippen molar-refractivity contribution in [3.8, 4) is 0 Å². The zero-order valence-electron chi connectivity index (χ0n) is 10.7. The number of nitrogens with one attached hydrogen (secondary N) is 2. The smallest absolute Gasteiger partial charge is 0.319 e. The average Bonchev–Trinajstić information content (AvgIpc) is 2.31. The van der Waals surface area contributed by atoms with Gasteiger partial charge in [0.05, 0.1) is 11.7 Å². The highest BCUT2D eigenvalue weighted by atomic mass is 79.9. The van der Waals surface area contributed by atoms with Crippen LogP contribution in [0.1, 0.15) is 20.3 Å². The normalized spacial score (nSPS) is 12.1. The van der Waals surface area contributed by atoms with Gasteiger partial charge in [-0.05, 0) is 30.5 Å². The average molecular weight is 330 g/mol. The van der Waals surface area contributed by atoms with E-state index in [4.69, 9.17) is 0 Å². The number of anilines is 1. The lowest BCUT2D eigenvalue weighted by atomic mass is 10.1. The number of amides is 2. The van der Waals surface area contributed by atoms with Gasteiger partial charge < -0.3 is 10.6 Å². The van der Waals surface area contributed by atoms with E-state index in [-0.39, 0.29) is 11.6 Å². The maximum Gasteiger partial charge on any atom is 0.319 e. The van der Waals surface area contributed by atoms with E-state index in [1.165, 1.54) is 12.1 Å². The monoisotopic (exact) mass is 329 g/mol. The predicted octanol–water partition coefficient (Wildman–Crippen LogP) is 3.23. The molecule has 2 N–H and O–H groups in total. The van der Waals surface area contributed by atoms with Crippen LogP contribution in [0, 0.1) is 11.7 Å². The molecule has 6 heteroatoms. The van der Waals surface area contributed by atoms with Crippen LogP contribution in [0.15, 0.2) is 22.7 Å². The van der Waals surface area contributed by atoms with Gasteiger partial charge in [0.25, 0.3) is 0 Å². The zero-order valence-corrected chi connectivity index (χ0v) is 12.3. The quantitative estimate of drug-likeness (QED) is 0.871. The second-order valence-corrected chi connectivity index (χ2v) is 5.44. The molecule has 1 rings (SSSR count). The third-order valence-electron chi connectivity index (χ3n) is 2.33. The summed E-state index contributed by atoms with van der Waals surface area (Å²) in [5.74, 6) is -0.309. The molecule has 0 aliphatic rings. The molecule has 0 aromatic heterocycles. The number of urea groups is 1. The molecule has 1 aromatic rings. The first kappa shape index (κ1) is 15.6. The third-order valence-corrected chi connectivity index (χ3v) is 2.83. The van der Waals surface area contributed by atoms with Crippen molar-refractivity contribution in [3.05, 3.63) is 28.5 Å². The number of hydrogen-bond donors (Lipinski definition) is 2. The van der Waals surface area contributed by atoms with Crippen LogP contribution in [0.3, 0.4) is 0 Å². The number of benzene rings is 1. The van der Waals surface area contributed by atoms with Crippen molar-refractivity contribution in [1.82, 2.24) is 5.32 Å². The van der Waals surface area contributed by atoms with Crippen LogP contribution in [0.2, 0.25) is 0 Å². The van der Waals surface area contributed by atoms with Gasteiger partial charge >= 0.3 is 6.03 Å². The summed E-state index contributed by atoms with van der Waals surface area (Å²) in [7, 11) is 0. The standard InChI is InChI=1S/C13H15BrFN2O2/c1-8(2)5-10(7-18)16-13(19)17-12-4-3-9(14)6-11(12)15/h3-4,6,8,10H,5H2,1-2H3,(H2,16,17,19)/t10-/m0/s1. The molecule has 0 aliphatic heterocycles. The first-order chi connectivity index (χ1) is 8.92. The van der Waals surface area contributed by atoms with Gasteiger partial charge in [0.2, 0.25) is 6.29 Å². The van der Waals surface area contributed by atoms with Gasteiger partial charge in [0, 0.05) is 4.47 Å². The van der Waals surface area contributed by atoms with Crippen LogP contribution in [-0.2, 0) is 4.79 Å². The minimum absolute atomic E-state index is 0.0508. The van der Waals surface area contributed by atoms with Crippen molar-refractivity contribution < 1.29 is 14.0 Å². The van der Waals surface area contributed by atoms with Crippen LogP contribution in [0.25, 0.3) is 0 Å². The summed E-state index contributed by atoms with van der Waals surface area (Å²) in [4.78, 5) is 22.3. The number of carbonyl (C=O) groups excluding carboxylic acids is 2. The highest BCUT2D eigenvalue weighted by Crippen LogP contribution is 2.19. The highest BCUT2D eigenvalue weighted by molar-refractivity contribution is 9.10. The maximum atomic E-state index is 13.5. The molecule has 0 saturated heterocycles. The SMILES string of the molecule is CC(C)C[C@@H]([C]=O)NC(=O)Nc1ccc(Br)cc1F. The Balaban J connectivity index is 2.61. The second kappa shape index (κ2) is 7.23. The van der Waals surface area contributed by atoms with Gasteiger partial charge in [0.15, 0.2) is 0 Å². The fraction of sp³-hybridized carbons (Fsp3) is 0.385. The Labute approximate surface area is 119 Å². The number of carbonyl (C=O) groups is 1. The molecule has 0 heterocycles. The van der Waals surface area contributed by atoms with Crippen molar-refractivity contribution in [1.29, 1.82) is 0 Å². The second-order valence-electron chi connectivity index (χ2n) is 4.52. The summed E-state index contributed by atoms with van der Waals surface area (Å²) in [6.07, 6.45) is 2.24. The van der Waals surface area contributed by atoms with Crippen LogP contribution in [0.5, 0.6) is 0 Å². The largest absolute Gasteiger partial charge is 0.328 e. The van der Waals surface area contributed by atoms with Gasteiger partial charge in [-0.2, -0.15) is 0 Å². The van der Waals surface area contributed by atoms with E-state index < -0.39 is 17.9 Å². The Bertz CT molecular complexity index is 466. The summed E-state index contributed by atoms with van der Waals surface area (Å²) in [5.41, 5.74) is 0.0508. The van der Waals surface area contributed by atoms with E-state index in [1.807, 2.05) is 13.8 Å². The molecule has 1 atom stereocenters. The van der Waals surface area contributed by atoms with Gasteiger partial charge in [-0.15, -0.1) is 0 Å². The van der Waals surface area contributed by atoms with Crippen LogP contribution in [0.4, 0.5) is 14.9 Å². The van der Waals surface area contributed by atoms with Crippen molar-refractivity contribution in [2.45, 2.75) is 26.3 Å². The molecule has 0 saturated carbocycles. The topological polar surface area (TPSA) is 58.2 Å². The molecule has 4 nitrogen and oxygen atoms in total. The molecule has 103 valence electrons. The van der Waals surface area contributed by atoms with Crippen LogP contribution in [-0.4, -0.2) is 18.4 Å². The molecule has 1 aromatic carbocycles. The number of halogens is 2. The minimum atomic E-state index is -0.696. The molecular formula is C13H15BrFN2O2. The molecule has 0 bridgehead atoms. The lowest BCUT2D eigenvalue weighted by Gasteiger charge is -2.15. The summed E-state index contributed by atoms with van der Waals surface area (Å²) in [6.45, 7) is 3.86. The molecule has 0 fully saturated rings. The summed E-state index contributed by atoms with van der Waals surface area (Å²) in [5, 5.41) is 4.79. The molecule has 0 spiro atoms. The van der Waals surface area contributed by atoms with E-state index in [0.29, 0.717) is 10.9 Å². The fourth-order valence-corrected chi connectivity index (χ4v) is 1.85. The van der Waals surface area contributed by atoms with Crippen LogP contribution >= 0.6 is 15.9 Å². The molecular weight excluding hydrogens is 315 g/mol. The Morgan fingerprint density at radius 1 is 1.47 bits per heavy atom. The lowest BCUT2D eigenvalue weighted by molar-refractivity contribution is 0.249. The summed E-state index contributed by atoms with van der Waals surface area (Å²) >= 11 is 3.12. The molecule has 2 amide bonds. The van der Waals surface area contributed by atoms with E-state index in [1.54, 1.807) is 12.4 Å².